The second-order valence-corrected chi connectivity index (χ2v) is 6.64. The molecule has 114 valence electrons. The van der Waals surface area contributed by atoms with Gasteiger partial charge < -0.3 is 10.4 Å². The average molecular weight is 300 g/mol. The molecule has 0 aromatic heterocycles. The maximum Gasteiger partial charge on any atom is 0.243 e. The van der Waals surface area contributed by atoms with Crippen molar-refractivity contribution in [1.29, 1.82) is 0 Å². The van der Waals surface area contributed by atoms with E-state index in [0.29, 0.717) is 24.4 Å². The van der Waals surface area contributed by atoms with Crippen LogP contribution in [0.2, 0.25) is 0 Å². The van der Waals surface area contributed by atoms with Crippen molar-refractivity contribution in [1.82, 2.24) is 4.31 Å². The summed E-state index contributed by atoms with van der Waals surface area (Å²) >= 11 is 0. The van der Waals surface area contributed by atoms with Crippen LogP contribution in [0, 0.1) is 13.8 Å². The van der Waals surface area contributed by atoms with Crippen LogP contribution in [-0.2, 0) is 10.0 Å². The SMILES string of the molecule is CCN(CCCO)S(=O)(=O)c1c(C)cc(NC)cc1C. The Morgan fingerprint density at radius 3 is 2.20 bits per heavy atom. The molecule has 0 unspecified atom stereocenters. The molecular formula is C14H24N2O3S. The van der Waals surface area contributed by atoms with Crippen molar-refractivity contribution >= 4 is 15.7 Å². The van der Waals surface area contributed by atoms with E-state index in [2.05, 4.69) is 5.32 Å². The number of benzene rings is 1. The van der Waals surface area contributed by atoms with Crippen LogP contribution in [0.4, 0.5) is 5.69 Å². The second-order valence-electron chi connectivity index (χ2n) is 4.76. The number of aliphatic hydroxyl groups excluding tert-OH is 1. The number of sulfonamides is 1. The van der Waals surface area contributed by atoms with E-state index in [4.69, 9.17) is 5.11 Å². The fraction of sp³-hybridized carbons (Fsp3) is 0.571. The van der Waals surface area contributed by atoms with Gasteiger partial charge in [0, 0.05) is 32.4 Å². The summed E-state index contributed by atoms with van der Waals surface area (Å²) in [6, 6.07) is 3.67. The molecule has 0 spiro atoms. The first-order valence-corrected chi connectivity index (χ1v) is 8.22. The summed E-state index contributed by atoms with van der Waals surface area (Å²) in [7, 11) is -1.71. The van der Waals surface area contributed by atoms with E-state index in [1.807, 2.05) is 26.1 Å². The van der Waals surface area contributed by atoms with Gasteiger partial charge in [0.2, 0.25) is 10.0 Å². The smallest absolute Gasteiger partial charge is 0.243 e. The number of rotatable bonds is 7. The van der Waals surface area contributed by atoms with Gasteiger partial charge in [0.1, 0.15) is 0 Å². The Kier molecular flexibility index (Phi) is 5.98. The van der Waals surface area contributed by atoms with Gasteiger partial charge in [-0.05, 0) is 43.5 Å². The van der Waals surface area contributed by atoms with Crippen molar-refractivity contribution in [3.05, 3.63) is 23.3 Å². The third-order valence-corrected chi connectivity index (χ3v) is 5.55. The Hall–Kier alpha value is -1.11. The summed E-state index contributed by atoms with van der Waals surface area (Å²) in [6.45, 7) is 6.14. The summed E-state index contributed by atoms with van der Waals surface area (Å²) in [6.07, 6.45) is 0.444. The quantitative estimate of drug-likeness (QED) is 0.805. The molecule has 2 N–H and O–H groups in total. The monoisotopic (exact) mass is 300 g/mol. The number of nitrogens with zero attached hydrogens (tertiary/aromatic N) is 1. The first-order chi connectivity index (χ1) is 9.38. The molecule has 0 saturated carbocycles. The van der Waals surface area contributed by atoms with E-state index in [9.17, 15) is 8.42 Å². The van der Waals surface area contributed by atoms with Gasteiger partial charge in [0.15, 0.2) is 0 Å². The molecule has 0 aliphatic rings. The van der Waals surface area contributed by atoms with Crippen LogP contribution in [-0.4, -0.2) is 44.6 Å². The van der Waals surface area contributed by atoms with Crippen LogP contribution in [0.25, 0.3) is 0 Å². The Morgan fingerprint density at radius 1 is 1.25 bits per heavy atom. The molecule has 0 fully saturated rings. The van der Waals surface area contributed by atoms with E-state index in [-0.39, 0.29) is 6.61 Å². The Balaban J connectivity index is 3.27. The number of hydrogen-bond acceptors (Lipinski definition) is 4. The molecule has 0 radical (unpaired) electrons. The van der Waals surface area contributed by atoms with Gasteiger partial charge in [-0.2, -0.15) is 4.31 Å². The van der Waals surface area contributed by atoms with Crippen LogP contribution < -0.4 is 5.32 Å². The Bertz CT molecular complexity index is 533. The molecule has 1 aromatic rings. The molecule has 0 heterocycles. The van der Waals surface area contributed by atoms with Gasteiger partial charge >= 0.3 is 0 Å². The number of nitrogens with one attached hydrogen (secondary N) is 1. The van der Waals surface area contributed by atoms with Crippen molar-refractivity contribution in [3.63, 3.8) is 0 Å². The topological polar surface area (TPSA) is 69.6 Å². The highest BCUT2D eigenvalue weighted by atomic mass is 32.2. The molecule has 0 amide bonds. The lowest BCUT2D eigenvalue weighted by atomic mass is 10.1. The van der Waals surface area contributed by atoms with E-state index >= 15 is 0 Å². The third-order valence-electron chi connectivity index (χ3n) is 3.27. The predicted molar refractivity (Wildman–Crippen MR) is 81.6 cm³/mol. The summed E-state index contributed by atoms with van der Waals surface area (Å²) in [5.74, 6) is 0. The average Bonchev–Trinajstić information content (AvgIpc) is 2.37. The molecule has 0 bridgehead atoms. The highest BCUT2D eigenvalue weighted by molar-refractivity contribution is 7.89. The molecule has 0 aliphatic carbocycles. The van der Waals surface area contributed by atoms with Crippen LogP contribution in [0.5, 0.6) is 0 Å². The van der Waals surface area contributed by atoms with Gasteiger partial charge in [-0.15, -0.1) is 0 Å². The molecular weight excluding hydrogens is 276 g/mol. The van der Waals surface area contributed by atoms with E-state index in [1.165, 1.54) is 4.31 Å². The zero-order valence-corrected chi connectivity index (χ0v) is 13.4. The molecule has 0 saturated heterocycles. The largest absolute Gasteiger partial charge is 0.396 e. The Labute approximate surface area is 121 Å². The summed E-state index contributed by atoms with van der Waals surface area (Å²) in [5.41, 5.74) is 2.37. The van der Waals surface area contributed by atoms with Gasteiger partial charge in [0.25, 0.3) is 0 Å². The first-order valence-electron chi connectivity index (χ1n) is 6.78. The van der Waals surface area contributed by atoms with Crippen molar-refractivity contribution in [3.8, 4) is 0 Å². The normalized spacial score (nSPS) is 11.9. The zero-order valence-electron chi connectivity index (χ0n) is 12.6. The molecule has 0 atom stereocenters. The predicted octanol–water partition coefficient (Wildman–Crippen LogP) is 1.74. The van der Waals surface area contributed by atoms with E-state index < -0.39 is 10.0 Å². The Morgan fingerprint density at radius 2 is 1.80 bits per heavy atom. The molecule has 20 heavy (non-hydrogen) atoms. The first kappa shape index (κ1) is 16.9. The van der Waals surface area contributed by atoms with Crippen molar-refractivity contribution < 1.29 is 13.5 Å². The number of aryl methyl sites for hydroxylation is 2. The maximum atomic E-state index is 12.7. The van der Waals surface area contributed by atoms with Gasteiger partial charge in [-0.3, -0.25) is 0 Å². The van der Waals surface area contributed by atoms with Crippen LogP contribution in [0.3, 0.4) is 0 Å². The standard InChI is InChI=1S/C14H24N2O3S/c1-5-16(7-6-8-17)20(18,19)14-11(2)9-13(15-4)10-12(14)3/h9-10,15,17H,5-8H2,1-4H3. The van der Waals surface area contributed by atoms with Crippen molar-refractivity contribution in [2.75, 3.05) is 32.1 Å². The number of anilines is 1. The van der Waals surface area contributed by atoms with Gasteiger partial charge in [0.05, 0.1) is 4.90 Å². The van der Waals surface area contributed by atoms with E-state index in [0.717, 1.165) is 16.8 Å². The number of hydrogen-bond donors (Lipinski definition) is 2. The minimum absolute atomic E-state index is 0.0112. The number of aliphatic hydroxyl groups is 1. The fourth-order valence-corrected chi connectivity index (χ4v) is 4.23. The zero-order chi connectivity index (χ0) is 15.3. The lowest BCUT2D eigenvalue weighted by Crippen LogP contribution is -2.33. The summed E-state index contributed by atoms with van der Waals surface area (Å²) < 4.78 is 26.9. The molecule has 5 nitrogen and oxygen atoms in total. The molecule has 1 rings (SSSR count). The molecule has 1 aromatic carbocycles. The lowest BCUT2D eigenvalue weighted by molar-refractivity contribution is 0.271. The van der Waals surface area contributed by atoms with Crippen LogP contribution >= 0.6 is 0 Å². The maximum absolute atomic E-state index is 12.7. The third kappa shape index (κ3) is 3.50. The van der Waals surface area contributed by atoms with Crippen LogP contribution in [0.15, 0.2) is 17.0 Å². The van der Waals surface area contributed by atoms with Crippen molar-refractivity contribution in [2.45, 2.75) is 32.1 Å². The fourth-order valence-electron chi connectivity index (χ4n) is 2.33. The highest BCUT2D eigenvalue weighted by Gasteiger charge is 2.26. The molecule has 0 aliphatic heterocycles. The van der Waals surface area contributed by atoms with E-state index in [1.54, 1.807) is 13.8 Å². The van der Waals surface area contributed by atoms with Crippen molar-refractivity contribution in [2.24, 2.45) is 0 Å². The minimum Gasteiger partial charge on any atom is -0.396 e. The highest BCUT2D eigenvalue weighted by Crippen LogP contribution is 2.27. The van der Waals surface area contributed by atoms with Gasteiger partial charge in [-0.25, -0.2) is 8.42 Å². The molecule has 6 heteroatoms. The lowest BCUT2D eigenvalue weighted by Gasteiger charge is -2.23. The van der Waals surface area contributed by atoms with Gasteiger partial charge in [-0.1, -0.05) is 6.92 Å². The minimum atomic E-state index is -3.52. The summed E-state index contributed by atoms with van der Waals surface area (Å²) in [5, 5.41) is 11.9. The van der Waals surface area contributed by atoms with Crippen LogP contribution in [0.1, 0.15) is 24.5 Å². The second kappa shape index (κ2) is 7.06. The summed E-state index contributed by atoms with van der Waals surface area (Å²) in [4.78, 5) is 0.372.